The first-order valence-corrected chi connectivity index (χ1v) is 16.1. The molecule has 2 N–H and O–H groups in total. The maximum absolute atomic E-state index is 11.9. The fraction of sp³-hybridized carbons (Fsp3) is 0.265. The molecule has 9 heteroatoms. The maximum Gasteiger partial charge on any atom is 0.272 e. The summed E-state index contributed by atoms with van der Waals surface area (Å²) in [5.41, 5.74) is 5.73. The molecule has 0 bridgehead atoms. The van der Waals surface area contributed by atoms with Gasteiger partial charge in [-0.2, -0.15) is 0 Å². The van der Waals surface area contributed by atoms with Crippen molar-refractivity contribution >= 4 is 52.5 Å². The summed E-state index contributed by atoms with van der Waals surface area (Å²) in [6.07, 6.45) is -0.768. The number of aliphatic hydroxyl groups is 1. The number of benzene rings is 4. The smallest absolute Gasteiger partial charge is 0.272 e. The third kappa shape index (κ3) is 8.34. The number of rotatable bonds is 9. The van der Waals surface area contributed by atoms with Gasteiger partial charge in [0.2, 0.25) is 0 Å². The molecule has 4 atom stereocenters. The Morgan fingerprint density at radius 1 is 0.837 bits per heavy atom. The second kappa shape index (κ2) is 14.5. The van der Waals surface area contributed by atoms with Crippen molar-refractivity contribution in [3.63, 3.8) is 0 Å². The van der Waals surface area contributed by atoms with E-state index in [1.165, 1.54) is 4.90 Å². The molecule has 224 valence electrons. The average molecular weight is 657 g/mol. The van der Waals surface area contributed by atoms with E-state index in [-0.39, 0.29) is 31.3 Å². The lowest BCUT2D eigenvalue weighted by Crippen LogP contribution is -2.38. The first kappa shape index (κ1) is 31.9. The topological polar surface area (TPSA) is 67.8 Å². The molecule has 0 saturated carbocycles. The van der Waals surface area contributed by atoms with E-state index in [9.17, 15) is 9.90 Å². The molecule has 1 aliphatic rings. The summed E-state index contributed by atoms with van der Waals surface area (Å²) in [5, 5.41) is 12.2. The van der Waals surface area contributed by atoms with Gasteiger partial charge in [-0.15, -0.1) is 11.8 Å². The number of nitrogens with one attached hydrogen (secondary N) is 1. The average Bonchev–Trinajstić information content (AvgIpc) is 3.03. The van der Waals surface area contributed by atoms with Crippen LogP contribution in [-0.2, 0) is 27.4 Å². The number of carbonyl (C=O) groups excluding carboxylic acids is 1. The van der Waals surface area contributed by atoms with Crippen molar-refractivity contribution < 1.29 is 19.4 Å². The van der Waals surface area contributed by atoms with E-state index in [0.29, 0.717) is 0 Å². The van der Waals surface area contributed by atoms with Crippen LogP contribution in [0.4, 0.5) is 0 Å². The largest absolute Gasteiger partial charge is 0.392 e. The molecule has 0 aromatic heterocycles. The number of halogens is 3. The minimum absolute atomic E-state index is 0.00227. The van der Waals surface area contributed by atoms with Crippen molar-refractivity contribution in [3.8, 4) is 11.1 Å². The van der Waals surface area contributed by atoms with Crippen molar-refractivity contribution in [1.82, 2.24) is 5.32 Å². The Kier molecular flexibility index (Phi) is 10.7. The molecular weight excluding hydrogens is 625 g/mol. The van der Waals surface area contributed by atoms with Crippen LogP contribution < -0.4 is 5.32 Å². The Hall–Kier alpha value is -2.55. The van der Waals surface area contributed by atoms with Crippen molar-refractivity contribution in [2.75, 3.05) is 5.75 Å². The zero-order valence-corrected chi connectivity index (χ0v) is 26.5. The highest BCUT2D eigenvalue weighted by atomic mass is 35.6. The van der Waals surface area contributed by atoms with Gasteiger partial charge in [-0.1, -0.05) is 127 Å². The van der Waals surface area contributed by atoms with Crippen molar-refractivity contribution in [3.05, 3.63) is 125 Å². The zero-order valence-electron chi connectivity index (χ0n) is 23.5. The third-order valence-corrected chi connectivity index (χ3v) is 9.05. The minimum Gasteiger partial charge on any atom is -0.392 e. The SMILES string of the molecule is C[C@@H]1[C@H](CSc2ccccc2)O[C@H](c2ccc(-c3cccc(CNC(=O)C(Cl)(Cl)Cl)c3)cc2)O[C@@H]1c1ccc(CO)cc1. The summed E-state index contributed by atoms with van der Waals surface area (Å²) in [6.45, 7) is 2.41. The van der Waals surface area contributed by atoms with Gasteiger partial charge < -0.3 is 19.9 Å². The van der Waals surface area contributed by atoms with Gasteiger partial charge in [0.15, 0.2) is 6.29 Å². The van der Waals surface area contributed by atoms with E-state index in [0.717, 1.165) is 39.1 Å². The van der Waals surface area contributed by atoms with Crippen LogP contribution in [-0.4, -0.2) is 26.7 Å². The lowest BCUT2D eigenvalue weighted by molar-refractivity contribution is -0.268. The number of carbonyl (C=O) groups is 1. The predicted molar refractivity (Wildman–Crippen MR) is 174 cm³/mol. The lowest BCUT2D eigenvalue weighted by atomic mass is 9.91. The second-order valence-corrected chi connectivity index (χ2v) is 13.8. The standard InChI is InChI=1S/C34H32Cl3NO4S/c1-22-30(21-43-29-8-3-2-4-9-29)41-32(42-31(22)26-12-10-23(20-39)11-13-26)27-16-14-25(15-17-27)28-7-5-6-24(18-28)19-38-33(40)34(35,36)37/h2-18,22,30-32,39H,19-21H2,1H3,(H,38,40)/t22-,30+,31+,32+/m1/s1. The molecular formula is C34H32Cl3NO4S. The molecule has 0 aliphatic carbocycles. The number of hydrogen-bond acceptors (Lipinski definition) is 5. The molecule has 5 rings (SSSR count). The number of aliphatic hydroxyl groups excluding tert-OH is 1. The van der Waals surface area contributed by atoms with E-state index >= 15 is 0 Å². The van der Waals surface area contributed by atoms with Crippen LogP contribution in [0.15, 0.2) is 108 Å². The van der Waals surface area contributed by atoms with E-state index in [4.69, 9.17) is 44.3 Å². The molecule has 1 heterocycles. The maximum atomic E-state index is 11.9. The molecule has 5 nitrogen and oxygen atoms in total. The molecule has 0 spiro atoms. The van der Waals surface area contributed by atoms with Crippen LogP contribution in [0.5, 0.6) is 0 Å². The van der Waals surface area contributed by atoms with Crippen LogP contribution in [0.25, 0.3) is 11.1 Å². The molecule has 1 saturated heterocycles. The molecule has 1 fully saturated rings. The van der Waals surface area contributed by atoms with E-state index in [1.54, 1.807) is 11.8 Å². The highest BCUT2D eigenvalue weighted by molar-refractivity contribution is 7.99. The van der Waals surface area contributed by atoms with E-state index in [1.807, 2.05) is 91.0 Å². The Labute approximate surface area is 271 Å². The quantitative estimate of drug-likeness (QED) is 0.140. The molecule has 4 aromatic rings. The molecule has 4 aromatic carbocycles. The Morgan fingerprint density at radius 3 is 2.21 bits per heavy atom. The third-order valence-electron chi connectivity index (χ3n) is 7.43. The van der Waals surface area contributed by atoms with Gasteiger partial charge in [0, 0.05) is 28.7 Å². The lowest BCUT2D eigenvalue weighted by Gasteiger charge is -2.41. The first-order valence-electron chi connectivity index (χ1n) is 13.9. The van der Waals surface area contributed by atoms with Gasteiger partial charge in [0.1, 0.15) is 0 Å². The number of hydrogen-bond donors (Lipinski definition) is 2. The van der Waals surface area contributed by atoms with Crippen molar-refractivity contribution in [2.24, 2.45) is 5.92 Å². The summed E-state index contributed by atoms with van der Waals surface area (Å²) >= 11 is 18.8. The fourth-order valence-electron chi connectivity index (χ4n) is 4.98. The van der Waals surface area contributed by atoms with Gasteiger partial charge in [0.05, 0.1) is 18.8 Å². The first-order chi connectivity index (χ1) is 20.7. The molecule has 0 unspecified atom stereocenters. The number of ether oxygens (including phenoxy) is 2. The van der Waals surface area contributed by atoms with Crippen LogP contribution in [0.3, 0.4) is 0 Å². The Morgan fingerprint density at radius 2 is 1.53 bits per heavy atom. The van der Waals surface area contributed by atoms with E-state index in [2.05, 4.69) is 24.4 Å². The number of alkyl halides is 3. The van der Waals surface area contributed by atoms with Crippen LogP contribution >= 0.6 is 46.6 Å². The zero-order chi connectivity index (χ0) is 30.4. The summed E-state index contributed by atoms with van der Waals surface area (Å²) < 4.78 is 11.2. The van der Waals surface area contributed by atoms with Crippen LogP contribution in [0.1, 0.15) is 41.6 Å². The summed E-state index contributed by atoms with van der Waals surface area (Å²) in [7, 11) is 0. The predicted octanol–water partition coefficient (Wildman–Crippen LogP) is 8.42. The fourth-order valence-corrected chi connectivity index (χ4v) is 6.27. The molecule has 0 radical (unpaired) electrons. The monoisotopic (exact) mass is 655 g/mol. The Balaban J connectivity index is 1.34. The molecule has 1 aliphatic heterocycles. The molecule has 1 amide bonds. The highest BCUT2D eigenvalue weighted by Crippen LogP contribution is 2.43. The van der Waals surface area contributed by atoms with E-state index < -0.39 is 16.0 Å². The van der Waals surface area contributed by atoms with Crippen LogP contribution in [0, 0.1) is 5.92 Å². The minimum atomic E-state index is -2.00. The van der Waals surface area contributed by atoms with Crippen molar-refractivity contribution in [2.45, 2.75) is 47.3 Å². The van der Waals surface area contributed by atoms with Crippen LogP contribution in [0.2, 0.25) is 0 Å². The highest BCUT2D eigenvalue weighted by Gasteiger charge is 2.38. The normalized spacial score (nSPS) is 20.5. The summed E-state index contributed by atoms with van der Waals surface area (Å²) in [4.78, 5) is 13.1. The van der Waals surface area contributed by atoms with Gasteiger partial charge in [-0.25, -0.2) is 0 Å². The second-order valence-electron chi connectivity index (χ2n) is 10.4. The summed E-state index contributed by atoms with van der Waals surface area (Å²) in [5.74, 6) is 0.226. The van der Waals surface area contributed by atoms with Gasteiger partial charge in [-0.3, -0.25) is 4.79 Å². The number of thioether (sulfide) groups is 1. The van der Waals surface area contributed by atoms with Crippen molar-refractivity contribution in [1.29, 1.82) is 0 Å². The Bertz CT molecular complexity index is 1500. The number of amides is 1. The summed E-state index contributed by atoms with van der Waals surface area (Å²) in [6, 6.07) is 34.2. The molecule has 43 heavy (non-hydrogen) atoms. The van der Waals surface area contributed by atoms with Gasteiger partial charge in [0.25, 0.3) is 9.70 Å². The van der Waals surface area contributed by atoms with Gasteiger partial charge in [-0.05, 0) is 46.0 Å². The van der Waals surface area contributed by atoms with Gasteiger partial charge >= 0.3 is 0 Å².